The molecule has 1 heterocycles. The molecule has 1 rings (SSSR count). The number of ether oxygens (including phenoxy) is 1. The third-order valence-electron chi connectivity index (χ3n) is 1.76. The summed E-state index contributed by atoms with van der Waals surface area (Å²) in [6.07, 6.45) is 1.03. The van der Waals surface area contributed by atoms with E-state index in [0.29, 0.717) is 12.5 Å². The number of hydrogen-bond acceptors (Lipinski definition) is 3. The zero-order chi connectivity index (χ0) is 9.68. The van der Waals surface area contributed by atoms with Crippen molar-refractivity contribution in [2.45, 2.75) is 32.4 Å². The summed E-state index contributed by atoms with van der Waals surface area (Å²) in [5.74, 6) is 0.391. The number of halogens is 1. The summed E-state index contributed by atoms with van der Waals surface area (Å²) < 4.78 is 6.90. The Morgan fingerprint density at radius 3 is 2.85 bits per heavy atom. The van der Waals surface area contributed by atoms with Crippen LogP contribution in [-0.4, -0.2) is 22.1 Å². The second-order valence-electron chi connectivity index (χ2n) is 2.77. The quantitative estimate of drug-likeness (QED) is 0.683. The van der Waals surface area contributed by atoms with Gasteiger partial charge in [0.15, 0.2) is 0 Å². The van der Waals surface area contributed by atoms with Gasteiger partial charge < -0.3 is 4.74 Å². The smallest absolute Gasteiger partial charge is 0.103 e. The zero-order valence-corrected chi connectivity index (χ0v) is 8.71. The summed E-state index contributed by atoms with van der Waals surface area (Å²) in [5.41, 5.74) is 1.80. The standard InChI is InChI=1S/C8H14ClN3O/c1-3-4-12-8(6-13-2)7(5-9)10-11-12/h3-6H2,1-2H3. The van der Waals surface area contributed by atoms with Crippen molar-refractivity contribution in [2.75, 3.05) is 7.11 Å². The topological polar surface area (TPSA) is 39.9 Å². The molecule has 4 nitrogen and oxygen atoms in total. The van der Waals surface area contributed by atoms with Crippen LogP contribution in [0.15, 0.2) is 0 Å². The number of hydrogen-bond donors (Lipinski definition) is 0. The van der Waals surface area contributed by atoms with Crippen LogP contribution in [0.4, 0.5) is 0 Å². The molecule has 0 fully saturated rings. The predicted molar refractivity (Wildman–Crippen MR) is 50.6 cm³/mol. The number of methoxy groups -OCH3 is 1. The average Bonchev–Trinajstić information content (AvgIpc) is 2.50. The van der Waals surface area contributed by atoms with E-state index >= 15 is 0 Å². The minimum atomic E-state index is 0.391. The molecule has 13 heavy (non-hydrogen) atoms. The lowest BCUT2D eigenvalue weighted by Crippen LogP contribution is -2.06. The van der Waals surface area contributed by atoms with Crippen LogP contribution >= 0.6 is 11.6 Å². The molecule has 0 aliphatic rings. The lowest BCUT2D eigenvalue weighted by atomic mass is 10.3. The lowest BCUT2D eigenvalue weighted by molar-refractivity contribution is 0.176. The van der Waals surface area contributed by atoms with Gasteiger partial charge in [0.1, 0.15) is 5.69 Å². The van der Waals surface area contributed by atoms with Crippen molar-refractivity contribution in [3.8, 4) is 0 Å². The van der Waals surface area contributed by atoms with Crippen LogP contribution in [-0.2, 0) is 23.8 Å². The molecule has 0 aliphatic carbocycles. The summed E-state index contributed by atoms with van der Waals surface area (Å²) in [4.78, 5) is 0. The Bertz CT molecular complexity index is 262. The fraction of sp³-hybridized carbons (Fsp3) is 0.750. The van der Waals surface area contributed by atoms with E-state index in [-0.39, 0.29) is 0 Å². The van der Waals surface area contributed by atoms with E-state index in [2.05, 4.69) is 17.2 Å². The van der Waals surface area contributed by atoms with E-state index < -0.39 is 0 Å². The van der Waals surface area contributed by atoms with Crippen LogP contribution < -0.4 is 0 Å². The van der Waals surface area contributed by atoms with E-state index in [1.54, 1.807) is 7.11 Å². The molecular weight excluding hydrogens is 190 g/mol. The Labute approximate surface area is 82.8 Å². The minimum absolute atomic E-state index is 0.391. The second-order valence-corrected chi connectivity index (χ2v) is 3.04. The molecule has 0 atom stereocenters. The normalized spacial score (nSPS) is 10.7. The first kappa shape index (κ1) is 10.5. The highest BCUT2D eigenvalue weighted by Crippen LogP contribution is 2.09. The van der Waals surface area contributed by atoms with Crippen molar-refractivity contribution in [1.82, 2.24) is 15.0 Å². The zero-order valence-electron chi connectivity index (χ0n) is 7.96. The fourth-order valence-corrected chi connectivity index (χ4v) is 1.37. The van der Waals surface area contributed by atoms with Gasteiger partial charge in [-0.05, 0) is 6.42 Å². The number of aromatic nitrogens is 3. The van der Waals surface area contributed by atoms with Crippen molar-refractivity contribution < 1.29 is 4.74 Å². The van der Waals surface area contributed by atoms with Crippen molar-refractivity contribution in [3.05, 3.63) is 11.4 Å². The Morgan fingerprint density at radius 1 is 1.54 bits per heavy atom. The fourth-order valence-electron chi connectivity index (χ4n) is 1.16. The Balaban J connectivity index is 2.85. The summed E-state index contributed by atoms with van der Waals surface area (Å²) in [6.45, 7) is 3.48. The Hall–Kier alpha value is -0.610. The number of alkyl halides is 1. The van der Waals surface area contributed by atoms with Crippen LogP contribution in [0, 0.1) is 0 Å². The molecule has 0 saturated heterocycles. The molecule has 0 radical (unpaired) electrons. The highest BCUT2D eigenvalue weighted by Gasteiger charge is 2.10. The molecule has 1 aromatic heterocycles. The second kappa shape index (κ2) is 5.19. The molecular formula is C8H14ClN3O. The molecule has 0 amide bonds. The van der Waals surface area contributed by atoms with Crippen molar-refractivity contribution in [2.24, 2.45) is 0 Å². The van der Waals surface area contributed by atoms with Gasteiger partial charge in [0.2, 0.25) is 0 Å². The molecule has 0 aliphatic heterocycles. The van der Waals surface area contributed by atoms with Crippen LogP contribution in [0.25, 0.3) is 0 Å². The van der Waals surface area contributed by atoms with Gasteiger partial charge in [0.25, 0.3) is 0 Å². The highest BCUT2D eigenvalue weighted by atomic mass is 35.5. The maximum atomic E-state index is 5.71. The third kappa shape index (κ3) is 2.42. The number of aryl methyl sites for hydroxylation is 1. The maximum absolute atomic E-state index is 5.71. The molecule has 0 N–H and O–H groups in total. The van der Waals surface area contributed by atoms with Gasteiger partial charge in [-0.15, -0.1) is 16.7 Å². The first-order valence-corrected chi connectivity index (χ1v) is 4.83. The largest absolute Gasteiger partial charge is 0.378 e. The number of nitrogens with zero attached hydrogens (tertiary/aromatic N) is 3. The summed E-state index contributed by atoms with van der Waals surface area (Å²) in [7, 11) is 1.65. The van der Waals surface area contributed by atoms with Gasteiger partial charge >= 0.3 is 0 Å². The molecule has 5 heteroatoms. The van der Waals surface area contributed by atoms with Crippen molar-refractivity contribution in [3.63, 3.8) is 0 Å². The predicted octanol–water partition coefficient (Wildman–Crippen LogP) is 1.57. The molecule has 0 bridgehead atoms. The average molecular weight is 204 g/mol. The summed E-state index contributed by atoms with van der Waals surface area (Å²) in [5, 5.41) is 7.97. The maximum Gasteiger partial charge on any atom is 0.103 e. The molecule has 0 aromatic carbocycles. The summed E-state index contributed by atoms with van der Waals surface area (Å²) in [6, 6.07) is 0. The summed E-state index contributed by atoms with van der Waals surface area (Å²) >= 11 is 5.71. The highest BCUT2D eigenvalue weighted by molar-refractivity contribution is 6.16. The van der Waals surface area contributed by atoms with Crippen molar-refractivity contribution in [1.29, 1.82) is 0 Å². The first-order chi connectivity index (χ1) is 6.33. The molecule has 0 unspecified atom stereocenters. The first-order valence-electron chi connectivity index (χ1n) is 4.29. The van der Waals surface area contributed by atoms with Crippen LogP contribution in [0.1, 0.15) is 24.7 Å². The van der Waals surface area contributed by atoms with E-state index in [9.17, 15) is 0 Å². The van der Waals surface area contributed by atoms with Gasteiger partial charge in [-0.1, -0.05) is 12.1 Å². The van der Waals surface area contributed by atoms with Gasteiger partial charge in [-0.25, -0.2) is 4.68 Å². The molecule has 0 saturated carbocycles. The van der Waals surface area contributed by atoms with Crippen LogP contribution in [0.2, 0.25) is 0 Å². The van der Waals surface area contributed by atoms with E-state index in [0.717, 1.165) is 24.4 Å². The van der Waals surface area contributed by atoms with E-state index in [1.165, 1.54) is 0 Å². The van der Waals surface area contributed by atoms with Gasteiger partial charge in [0, 0.05) is 13.7 Å². The van der Waals surface area contributed by atoms with Gasteiger partial charge in [0.05, 0.1) is 18.2 Å². The van der Waals surface area contributed by atoms with E-state index in [1.807, 2.05) is 4.68 Å². The van der Waals surface area contributed by atoms with Gasteiger partial charge in [-0.3, -0.25) is 0 Å². The monoisotopic (exact) mass is 203 g/mol. The van der Waals surface area contributed by atoms with Crippen molar-refractivity contribution >= 4 is 11.6 Å². The van der Waals surface area contributed by atoms with Crippen LogP contribution in [0.5, 0.6) is 0 Å². The number of rotatable bonds is 5. The Kier molecular flexibility index (Phi) is 4.18. The van der Waals surface area contributed by atoms with Crippen LogP contribution in [0.3, 0.4) is 0 Å². The molecule has 1 aromatic rings. The van der Waals surface area contributed by atoms with Gasteiger partial charge in [-0.2, -0.15) is 0 Å². The third-order valence-corrected chi connectivity index (χ3v) is 2.01. The molecule has 74 valence electrons. The molecule has 0 spiro atoms. The minimum Gasteiger partial charge on any atom is -0.378 e. The Morgan fingerprint density at radius 2 is 2.31 bits per heavy atom. The lowest BCUT2D eigenvalue weighted by Gasteiger charge is -2.04. The SMILES string of the molecule is CCCn1nnc(CCl)c1COC. The van der Waals surface area contributed by atoms with E-state index in [4.69, 9.17) is 16.3 Å².